The average Bonchev–Trinajstić information content (AvgIpc) is 2.67. The van der Waals surface area contributed by atoms with Gasteiger partial charge in [0.2, 0.25) is 0 Å². The fourth-order valence-corrected chi connectivity index (χ4v) is 1.48. The lowest BCUT2D eigenvalue weighted by molar-refractivity contribution is 0.412. The van der Waals surface area contributed by atoms with Gasteiger partial charge in [-0.05, 0) is 12.6 Å². The molecule has 0 spiro atoms. The predicted molar refractivity (Wildman–Crippen MR) is 54.7 cm³/mol. The summed E-state index contributed by atoms with van der Waals surface area (Å²) >= 11 is 0. The van der Waals surface area contributed by atoms with E-state index < -0.39 is 0 Å². The van der Waals surface area contributed by atoms with Crippen molar-refractivity contribution in [2.45, 2.75) is 6.42 Å². The Bertz CT molecular complexity index is 453. The van der Waals surface area contributed by atoms with Crippen molar-refractivity contribution < 1.29 is 8.91 Å². The van der Waals surface area contributed by atoms with Crippen LogP contribution in [0.2, 0.25) is 0 Å². The number of nitrogens with zero attached hydrogens (tertiary/aromatic N) is 1. The van der Waals surface area contributed by atoms with E-state index in [1.807, 2.05) is 0 Å². The summed E-state index contributed by atoms with van der Waals surface area (Å²) in [6, 6.07) is 6.53. The Morgan fingerprint density at radius 2 is 2.07 bits per heavy atom. The maximum Gasteiger partial charge on any atom is 0.132 e. The number of halogens is 1. The Balaban J connectivity index is 2.45. The molecule has 15 heavy (non-hydrogen) atoms. The second kappa shape index (κ2) is 4.23. The number of hydrogen-bond donors (Lipinski definition) is 1. The van der Waals surface area contributed by atoms with Gasteiger partial charge < -0.3 is 10.3 Å². The van der Waals surface area contributed by atoms with Gasteiger partial charge in [-0.1, -0.05) is 23.4 Å². The fourth-order valence-electron chi connectivity index (χ4n) is 1.48. The van der Waals surface area contributed by atoms with E-state index >= 15 is 0 Å². The smallest absolute Gasteiger partial charge is 0.132 e. The number of hydrogen-bond acceptors (Lipinski definition) is 3. The number of rotatable bonds is 3. The van der Waals surface area contributed by atoms with Crippen LogP contribution in [0.3, 0.4) is 0 Å². The lowest BCUT2D eigenvalue weighted by atomic mass is 10.0. The Morgan fingerprint density at radius 1 is 1.27 bits per heavy atom. The monoisotopic (exact) mass is 206 g/mol. The van der Waals surface area contributed by atoms with Crippen molar-refractivity contribution in [3.05, 3.63) is 42.0 Å². The summed E-state index contributed by atoms with van der Waals surface area (Å²) in [4.78, 5) is 0. The molecule has 0 aliphatic carbocycles. The third kappa shape index (κ3) is 1.89. The highest BCUT2D eigenvalue weighted by molar-refractivity contribution is 5.65. The highest BCUT2D eigenvalue weighted by atomic mass is 19.1. The lowest BCUT2D eigenvalue weighted by Crippen LogP contribution is -2.04. The molecule has 0 saturated heterocycles. The topological polar surface area (TPSA) is 52.0 Å². The minimum absolute atomic E-state index is 0.279. The first-order valence-electron chi connectivity index (χ1n) is 4.71. The molecule has 0 aliphatic rings. The van der Waals surface area contributed by atoms with Crippen LogP contribution in [0.15, 0.2) is 35.1 Å². The third-order valence-electron chi connectivity index (χ3n) is 2.19. The van der Waals surface area contributed by atoms with E-state index in [9.17, 15) is 4.39 Å². The van der Waals surface area contributed by atoms with Gasteiger partial charge in [0.15, 0.2) is 0 Å². The highest BCUT2D eigenvalue weighted by Crippen LogP contribution is 2.25. The first-order valence-corrected chi connectivity index (χ1v) is 4.71. The van der Waals surface area contributed by atoms with E-state index in [1.54, 1.807) is 18.2 Å². The van der Waals surface area contributed by atoms with Crippen molar-refractivity contribution >= 4 is 0 Å². The molecule has 78 valence electrons. The van der Waals surface area contributed by atoms with E-state index in [-0.39, 0.29) is 5.82 Å². The molecular formula is C11H11FN2O. The average molecular weight is 206 g/mol. The molecule has 1 aromatic heterocycles. The van der Waals surface area contributed by atoms with E-state index in [4.69, 9.17) is 10.3 Å². The van der Waals surface area contributed by atoms with Gasteiger partial charge in [-0.25, -0.2) is 4.39 Å². The summed E-state index contributed by atoms with van der Waals surface area (Å²) in [5.74, 6) is -0.279. The highest BCUT2D eigenvalue weighted by Gasteiger charge is 2.12. The molecular weight excluding hydrogens is 195 g/mol. The van der Waals surface area contributed by atoms with Crippen molar-refractivity contribution in [2.24, 2.45) is 5.73 Å². The molecule has 1 aromatic carbocycles. The Kier molecular flexibility index (Phi) is 2.78. The third-order valence-corrected chi connectivity index (χ3v) is 2.19. The van der Waals surface area contributed by atoms with Crippen molar-refractivity contribution in [1.82, 2.24) is 5.16 Å². The van der Waals surface area contributed by atoms with Gasteiger partial charge in [0.05, 0.1) is 5.69 Å². The molecule has 0 saturated carbocycles. The van der Waals surface area contributed by atoms with Crippen LogP contribution in [0.1, 0.15) is 5.69 Å². The standard InChI is InChI=1S/C11H11FN2O/c12-10-4-2-1-3-8(10)9-7-15-14-11(9)5-6-13/h1-4,7H,5-6,13H2. The molecule has 4 heteroatoms. The van der Waals surface area contributed by atoms with Gasteiger partial charge in [0.1, 0.15) is 12.1 Å². The SMILES string of the molecule is NCCc1nocc1-c1ccccc1F. The molecule has 3 nitrogen and oxygen atoms in total. The molecule has 0 fully saturated rings. The maximum absolute atomic E-state index is 13.5. The van der Waals surface area contributed by atoms with Crippen molar-refractivity contribution in [2.75, 3.05) is 6.54 Å². The first kappa shape index (κ1) is 9.86. The molecule has 1 heterocycles. The van der Waals surface area contributed by atoms with Crippen LogP contribution in [0.5, 0.6) is 0 Å². The maximum atomic E-state index is 13.5. The number of benzene rings is 1. The second-order valence-corrected chi connectivity index (χ2v) is 3.19. The number of aromatic nitrogens is 1. The summed E-state index contributed by atoms with van der Waals surface area (Å²) in [7, 11) is 0. The number of nitrogens with two attached hydrogens (primary N) is 1. The van der Waals surface area contributed by atoms with Gasteiger partial charge in [0.25, 0.3) is 0 Å². The molecule has 0 bridgehead atoms. The van der Waals surface area contributed by atoms with E-state index in [2.05, 4.69) is 5.16 Å². The first-order chi connectivity index (χ1) is 7.33. The molecule has 2 rings (SSSR count). The van der Waals surface area contributed by atoms with Crippen LogP contribution in [-0.2, 0) is 6.42 Å². The van der Waals surface area contributed by atoms with Gasteiger partial charge >= 0.3 is 0 Å². The summed E-state index contributed by atoms with van der Waals surface area (Å²) in [5.41, 5.74) is 7.31. The molecule has 2 N–H and O–H groups in total. The molecule has 0 amide bonds. The minimum Gasteiger partial charge on any atom is -0.364 e. The predicted octanol–water partition coefficient (Wildman–Crippen LogP) is 1.98. The molecule has 0 unspecified atom stereocenters. The Hall–Kier alpha value is -1.68. The molecule has 0 aliphatic heterocycles. The molecule has 2 aromatic rings. The Labute approximate surface area is 86.7 Å². The van der Waals surface area contributed by atoms with Crippen LogP contribution >= 0.6 is 0 Å². The second-order valence-electron chi connectivity index (χ2n) is 3.19. The van der Waals surface area contributed by atoms with E-state index in [0.717, 1.165) is 0 Å². The van der Waals surface area contributed by atoms with Crippen LogP contribution < -0.4 is 5.73 Å². The summed E-state index contributed by atoms with van der Waals surface area (Å²) in [5, 5.41) is 3.80. The van der Waals surface area contributed by atoms with Crippen molar-refractivity contribution in [3.8, 4) is 11.1 Å². The van der Waals surface area contributed by atoms with E-state index in [1.165, 1.54) is 12.3 Å². The van der Waals surface area contributed by atoms with Gasteiger partial charge in [-0.15, -0.1) is 0 Å². The van der Waals surface area contributed by atoms with Gasteiger partial charge in [-0.2, -0.15) is 0 Å². The van der Waals surface area contributed by atoms with Crippen LogP contribution in [0.25, 0.3) is 11.1 Å². The largest absolute Gasteiger partial charge is 0.364 e. The zero-order chi connectivity index (χ0) is 10.7. The van der Waals surface area contributed by atoms with Gasteiger partial charge in [-0.3, -0.25) is 0 Å². The molecule has 0 atom stereocenters. The lowest BCUT2D eigenvalue weighted by Gasteiger charge is -2.01. The summed E-state index contributed by atoms with van der Waals surface area (Å²) in [6.07, 6.45) is 2.03. The fraction of sp³-hybridized carbons (Fsp3) is 0.182. The Morgan fingerprint density at radius 3 is 2.80 bits per heavy atom. The van der Waals surface area contributed by atoms with Crippen LogP contribution in [-0.4, -0.2) is 11.7 Å². The van der Waals surface area contributed by atoms with Gasteiger partial charge in [0, 0.05) is 17.5 Å². The quantitative estimate of drug-likeness (QED) is 0.835. The van der Waals surface area contributed by atoms with Crippen LogP contribution in [0.4, 0.5) is 4.39 Å². The summed E-state index contributed by atoms with van der Waals surface area (Å²) < 4.78 is 18.3. The normalized spacial score (nSPS) is 10.5. The minimum atomic E-state index is -0.279. The van der Waals surface area contributed by atoms with Crippen LogP contribution in [0, 0.1) is 5.82 Å². The molecule has 0 radical (unpaired) electrons. The zero-order valence-corrected chi connectivity index (χ0v) is 8.11. The van der Waals surface area contributed by atoms with Crippen molar-refractivity contribution in [3.63, 3.8) is 0 Å². The zero-order valence-electron chi connectivity index (χ0n) is 8.11. The van der Waals surface area contributed by atoms with Crippen molar-refractivity contribution in [1.29, 1.82) is 0 Å². The summed E-state index contributed by atoms with van der Waals surface area (Å²) in [6.45, 7) is 0.466. The van der Waals surface area contributed by atoms with E-state index in [0.29, 0.717) is 29.8 Å².